The summed E-state index contributed by atoms with van der Waals surface area (Å²) in [5, 5.41) is 3.99. The fourth-order valence-corrected chi connectivity index (χ4v) is 5.85. The molecule has 2 unspecified atom stereocenters. The van der Waals surface area contributed by atoms with Crippen molar-refractivity contribution in [2.24, 2.45) is 11.3 Å². The maximum atomic E-state index is 14.2. The fourth-order valence-electron chi connectivity index (χ4n) is 5.66. The lowest BCUT2D eigenvalue weighted by atomic mass is 9.83. The van der Waals surface area contributed by atoms with E-state index in [1.165, 1.54) is 12.1 Å². The van der Waals surface area contributed by atoms with Gasteiger partial charge in [-0.15, -0.1) is 0 Å². The lowest BCUT2D eigenvalue weighted by molar-refractivity contribution is 0.0437. The van der Waals surface area contributed by atoms with Gasteiger partial charge < -0.3 is 14.8 Å². The molecule has 0 bridgehead atoms. The first-order valence-electron chi connectivity index (χ1n) is 13.9. The number of aromatic nitrogens is 2. The molecule has 0 saturated carbocycles. The van der Waals surface area contributed by atoms with Gasteiger partial charge in [-0.3, -0.25) is 4.79 Å². The van der Waals surface area contributed by atoms with Crippen LogP contribution in [0.4, 0.5) is 8.78 Å². The van der Waals surface area contributed by atoms with E-state index in [9.17, 15) is 13.6 Å². The minimum absolute atomic E-state index is 0.0759. The molecule has 4 aromatic rings. The molecule has 3 aromatic carbocycles. The van der Waals surface area contributed by atoms with Gasteiger partial charge in [0.05, 0.1) is 11.7 Å². The average molecular weight is 577 g/mol. The van der Waals surface area contributed by atoms with Gasteiger partial charge in [0.25, 0.3) is 5.91 Å². The zero-order valence-electron chi connectivity index (χ0n) is 23.6. The zero-order chi connectivity index (χ0) is 29.1. The van der Waals surface area contributed by atoms with Crippen LogP contribution in [-0.2, 0) is 6.54 Å². The number of nitrogens with zero attached hydrogens (tertiary/aromatic N) is 3. The van der Waals surface area contributed by atoms with Crippen LogP contribution < -0.4 is 5.32 Å². The second-order valence-corrected chi connectivity index (χ2v) is 12.3. The van der Waals surface area contributed by atoms with Crippen LogP contribution in [0, 0.1) is 23.0 Å². The maximum absolute atomic E-state index is 14.2. The summed E-state index contributed by atoms with van der Waals surface area (Å²) in [5.41, 5.74) is 2.12. The Bertz CT molecular complexity index is 1490. The molecule has 0 spiro atoms. The molecule has 1 saturated heterocycles. The number of carbonyl (C=O) groups excluding carboxylic acids is 1. The van der Waals surface area contributed by atoms with Crippen LogP contribution in [-0.4, -0.2) is 40.0 Å². The molecule has 5 nitrogen and oxygen atoms in total. The predicted octanol–water partition coefficient (Wildman–Crippen LogP) is 7.37. The van der Waals surface area contributed by atoms with Crippen molar-refractivity contribution in [1.82, 2.24) is 19.8 Å². The molecule has 41 heavy (non-hydrogen) atoms. The standard InChI is InChI=1S/C33H35ClF2N4O/c1-33(2,3)30(40(20-22-12-13-37-18-22)32(41)24-8-5-4-6-9-24)31-38-29(25-10-7-11-26(34)16-25)21-39(31)19-23-14-27(35)17-28(36)15-23/h4-11,14-17,21-22,30,37H,12-13,18-20H2,1-3H3. The van der Waals surface area contributed by atoms with E-state index < -0.39 is 23.1 Å². The highest BCUT2D eigenvalue weighted by molar-refractivity contribution is 6.30. The second-order valence-electron chi connectivity index (χ2n) is 11.9. The van der Waals surface area contributed by atoms with E-state index >= 15 is 0 Å². The van der Waals surface area contributed by atoms with Gasteiger partial charge in [0.1, 0.15) is 17.5 Å². The average Bonchev–Trinajstić information content (AvgIpc) is 3.57. The van der Waals surface area contributed by atoms with Gasteiger partial charge in [-0.05, 0) is 72.8 Å². The third-order valence-electron chi connectivity index (χ3n) is 7.48. The summed E-state index contributed by atoms with van der Waals surface area (Å²) < 4.78 is 30.3. The summed E-state index contributed by atoms with van der Waals surface area (Å²) in [7, 11) is 0. The number of carbonyl (C=O) groups is 1. The summed E-state index contributed by atoms with van der Waals surface area (Å²) >= 11 is 6.32. The van der Waals surface area contributed by atoms with E-state index in [0.717, 1.165) is 31.1 Å². The molecule has 0 radical (unpaired) electrons. The van der Waals surface area contributed by atoms with Crippen molar-refractivity contribution in [1.29, 1.82) is 0 Å². The predicted molar refractivity (Wildman–Crippen MR) is 159 cm³/mol. The largest absolute Gasteiger partial charge is 0.328 e. The maximum Gasteiger partial charge on any atom is 0.254 e. The van der Waals surface area contributed by atoms with Crippen molar-refractivity contribution in [2.75, 3.05) is 19.6 Å². The van der Waals surface area contributed by atoms with Crippen LogP contribution in [0.2, 0.25) is 5.02 Å². The van der Waals surface area contributed by atoms with Crippen LogP contribution in [0.3, 0.4) is 0 Å². The number of hydrogen-bond acceptors (Lipinski definition) is 3. The normalized spacial score (nSPS) is 16.1. The van der Waals surface area contributed by atoms with Gasteiger partial charge in [-0.1, -0.05) is 62.7 Å². The highest BCUT2D eigenvalue weighted by Gasteiger charge is 2.40. The molecule has 1 N–H and O–H groups in total. The van der Waals surface area contributed by atoms with E-state index in [4.69, 9.17) is 16.6 Å². The number of nitrogens with one attached hydrogen (secondary N) is 1. The van der Waals surface area contributed by atoms with Gasteiger partial charge in [-0.25, -0.2) is 13.8 Å². The van der Waals surface area contributed by atoms with Gasteiger partial charge in [0.2, 0.25) is 0 Å². The van der Waals surface area contributed by atoms with E-state index in [1.54, 1.807) is 6.07 Å². The monoisotopic (exact) mass is 576 g/mol. The van der Waals surface area contributed by atoms with Crippen molar-refractivity contribution >= 4 is 17.5 Å². The SMILES string of the molecule is CC(C)(C)C(c1nc(-c2cccc(Cl)c2)cn1Cc1cc(F)cc(F)c1)N(CC1CCNC1)C(=O)c1ccccc1. The van der Waals surface area contributed by atoms with Crippen molar-refractivity contribution in [3.63, 3.8) is 0 Å². The lowest BCUT2D eigenvalue weighted by Crippen LogP contribution is -2.45. The first-order chi connectivity index (χ1) is 19.6. The molecule has 1 aliphatic heterocycles. The summed E-state index contributed by atoms with van der Waals surface area (Å²) in [6.07, 6.45) is 2.85. The molecule has 2 atom stereocenters. The smallest absolute Gasteiger partial charge is 0.254 e. The summed E-state index contributed by atoms with van der Waals surface area (Å²) in [5.74, 6) is -0.418. The molecular formula is C33H35ClF2N4O. The van der Waals surface area contributed by atoms with Crippen molar-refractivity contribution in [3.8, 4) is 11.3 Å². The highest BCUT2D eigenvalue weighted by atomic mass is 35.5. The molecule has 1 fully saturated rings. The van der Waals surface area contributed by atoms with Crippen molar-refractivity contribution < 1.29 is 13.6 Å². The molecule has 8 heteroatoms. The Balaban J connectivity index is 1.66. The number of halogens is 3. The number of benzene rings is 3. The summed E-state index contributed by atoms with van der Waals surface area (Å²) in [4.78, 5) is 21.3. The van der Waals surface area contributed by atoms with E-state index in [1.807, 2.05) is 64.2 Å². The topological polar surface area (TPSA) is 50.2 Å². The molecule has 0 aliphatic carbocycles. The molecule has 2 heterocycles. The number of imidazole rings is 1. The number of rotatable bonds is 8. The Hall–Kier alpha value is -3.55. The number of amides is 1. The van der Waals surface area contributed by atoms with Gasteiger partial charge in [0, 0.05) is 41.5 Å². The van der Waals surface area contributed by atoms with Crippen molar-refractivity contribution in [3.05, 3.63) is 113 Å². The van der Waals surface area contributed by atoms with Crippen LogP contribution in [0.15, 0.2) is 79.0 Å². The third kappa shape index (κ3) is 6.85. The van der Waals surface area contributed by atoms with Gasteiger partial charge >= 0.3 is 0 Å². The highest BCUT2D eigenvalue weighted by Crippen LogP contribution is 2.40. The van der Waals surface area contributed by atoms with Crippen LogP contribution in [0.25, 0.3) is 11.3 Å². The van der Waals surface area contributed by atoms with Crippen molar-refractivity contribution in [2.45, 2.75) is 39.8 Å². The van der Waals surface area contributed by atoms with Gasteiger partial charge in [-0.2, -0.15) is 0 Å². The van der Waals surface area contributed by atoms with Gasteiger partial charge in [0.15, 0.2) is 0 Å². The van der Waals surface area contributed by atoms with Crippen LogP contribution in [0.5, 0.6) is 0 Å². The number of hydrogen-bond donors (Lipinski definition) is 1. The third-order valence-corrected chi connectivity index (χ3v) is 7.71. The molecule has 214 valence electrons. The minimum Gasteiger partial charge on any atom is -0.328 e. The Labute approximate surface area is 245 Å². The van der Waals surface area contributed by atoms with E-state index in [2.05, 4.69) is 26.1 Å². The molecular weight excluding hydrogens is 542 g/mol. The molecule has 1 aromatic heterocycles. The zero-order valence-corrected chi connectivity index (χ0v) is 24.3. The summed E-state index contributed by atoms with van der Waals surface area (Å²) in [6.45, 7) is 8.76. The quantitative estimate of drug-likeness (QED) is 0.238. The van der Waals surface area contributed by atoms with Crippen LogP contribution >= 0.6 is 11.6 Å². The summed E-state index contributed by atoms with van der Waals surface area (Å²) in [6, 6.07) is 19.8. The van der Waals surface area contributed by atoms with E-state index in [0.29, 0.717) is 40.1 Å². The minimum atomic E-state index is -0.640. The van der Waals surface area contributed by atoms with E-state index in [-0.39, 0.29) is 12.5 Å². The Morgan fingerprint density at radius 3 is 2.44 bits per heavy atom. The van der Waals surface area contributed by atoms with Crippen LogP contribution in [0.1, 0.15) is 55.0 Å². The first kappa shape index (κ1) is 29.0. The fraction of sp³-hybridized carbons (Fsp3) is 0.333. The first-order valence-corrected chi connectivity index (χ1v) is 14.3. The lowest BCUT2D eigenvalue weighted by Gasteiger charge is -2.41. The Morgan fingerprint density at radius 1 is 1.07 bits per heavy atom. The Morgan fingerprint density at radius 2 is 1.80 bits per heavy atom. The molecule has 1 aliphatic rings. The Kier molecular flexibility index (Phi) is 8.57. The second kappa shape index (κ2) is 12.1. The molecule has 5 rings (SSSR count). The molecule has 1 amide bonds.